The molecule has 2 fully saturated rings. The van der Waals surface area contributed by atoms with E-state index < -0.39 is 44.0 Å². The third kappa shape index (κ3) is 4.41. The Morgan fingerprint density at radius 3 is 2.46 bits per heavy atom. The zero-order valence-electron chi connectivity index (χ0n) is 18.6. The molecule has 1 amide bonds. The molecule has 2 aromatic carbocycles. The summed E-state index contributed by atoms with van der Waals surface area (Å²) in [6.45, 7) is 1.93. The average molecular weight is 527 g/mol. The second kappa shape index (κ2) is 9.12. The second-order valence-electron chi connectivity index (χ2n) is 9.33. The second-order valence-corrected chi connectivity index (χ2v) is 11.9. The van der Waals surface area contributed by atoms with E-state index >= 15 is 0 Å². The Morgan fingerprint density at radius 2 is 1.86 bits per heavy atom. The van der Waals surface area contributed by atoms with Crippen molar-refractivity contribution in [2.75, 3.05) is 5.32 Å². The van der Waals surface area contributed by atoms with Gasteiger partial charge in [0.2, 0.25) is 0 Å². The van der Waals surface area contributed by atoms with E-state index in [1.165, 1.54) is 12.1 Å². The molecule has 186 valence electrons. The molecule has 2 N–H and O–H groups in total. The number of nitriles is 1. The van der Waals surface area contributed by atoms with Gasteiger partial charge in [0.15, 0.2) is 27.3 Å². The summed E-state index contributed by atoms with van der Waals surface area (Å²) in [5, 5.41) is 21.5. The van der Waals surface area contributed by atoms with E-state index in [-0.39, 0.29) is 58.2 Å². The number of sulfone groups is 1. The van der Waals surface area contributed by atoms with E-state index in [1.807, 2.05) is 13.0 Å². The number of benzene rings is 2. The molecule has 35 heavy (non-hydrogen) atoms. The molecule has 0 radical (unpaired) electrons. The molecule has 2 aliphatic rings. The molecule has 0 heterocycles. The lowest BCUT2D eigenvalue weighted by Gasteiger charge is -2.41. The first-order chi connectivity index (χ1) is 16.4. The molecule has 0 saturated heterocycles. The maximum absolute atomic E-state index is 13.6. The van der Waals surface area contributed by atoms with Crippen molar-refractivity contribution >= 4 is 33.0 Å². The smallest absolute Gasteiger partial charge is 0.255 e. The molecule has 0 aromatic heterocycles. The fourth-order valence-corrected chi connectivity index (χ4v) is 7.95. The topological polar surface area (TPSA) is 107 Å². The molecule has 2 aliphatic carbocycles. The van der Waals surface area contributed by atoms with Crippen molar-refractivity contribution in [3.63, 3.8) is 0 Å². The van der Waals surface area contributed by atoms with Gasteiger partial charge in [0.1, 0.15) is 0 Å². The summed E-state index contributed by atoms with van der Waals surface area (Å²) in [6.07, 6.45) is 0.845. The molecule has 5 atom stereocenters. The van der Waals surface area contributed by atoms with E-state index in [9.17, 15) is 31.5 Å². The Morgan fingerprint density at radius 1 is 1.20 bits per heavy atom. The van der Waals surface area contributed by atoms with Crippen LogP contribution in [0.2, 0.25) is 5.02 Å². The van der Waals surface area contributed by atoms with E-state index in [0.29, 0.717) is 18.6 Å². The van der Waals surface area contributed by atoms with Crippen molar-refractivity contribution in [1.82, 2.24) is 0 Å². The standard InChI is InChI=1S/C24H22ClF3N2O4S/c1-12-6-14-8-16(11-17(12)24(14,32)4-5-29)35(33,34)21-7-13(2-3-18(21)25)23(31)30-15-9-19(26)22(28)20(27)10-15/h2-3,7,9-10,12,14,16-17,32H,4,6,8,11H2,1H3,(H,30,31)/t12-,14?,16?,17+,24+/m0/s1. The van der Waals surface area contributed by atoms with Crippen molar-refractivity contribution in [3.05, 3.63) is 58.4 Å². The Bertz CT molecular complexity index is 1320. The van der Waals surface area contributed by atoms with Crippen LogP contribution >= 0.6 is 11.6 Å². The molecule has 2 unspecified atom stereocenters. The summed E-state index contributed by atoms with van der Waals surface area (Å²) in [5.41, 5.74) is -1.71. The number of hydrogen-bond acceptors (Lipinski definition) is 5. The van der Waals surface area contributed by atoms with Crippen LogP contribution in [0.25, 0.3) is 0 Å². The first kappa shape index (κ1) is 25.5. The van der Waals surface area contributed by atoms with E-state index in [2.05, 4.69) is 5.32 Å². The summed E-state index contributed by atoms with van der Waals surface area (Å²) in [6, 6.07) is 6.80. The minimum atomic E-state index is -4.03. The zero-order valence-corrected chi connectivity index (χ0v) is 20.1. The Labute approximate surface area is 205 Å². The highest BCUT2D eigenvalue weighted by Crippen LogP contribution is 2.56. The molecule has 0 spiro atoms. The predicted molar refractivity (Wildman–Crippen MR) is 122 cm³/mol. The first-order valence-corrected chi connectivity index (χ1v) is 12.9. The summed E-state index contributed by atoms with van der Waals surface area (Å²) >= 11 is 6.20. The molecule has 11 heteroatoms. The van der Waals surface area contributed by atoms with Crippen molar-refractivity contribution < 1.29 is 31.5 Å². The lowest BCUT2D eigenvalue weighted by molar-refractivity contribution is -0.0591. The van der Waals surface area contributed by atoms with Crippen molar-refractivity contribution in [2.45, 2.75) is 48.4 Å². The number of aliphatic hydroxyl groups is 1. The maximum Gasteiger partial charge on any atom is 0.255 e. The Hall–Kier alpha value is -2.61. The van der Waals surface area contributed by atoms with Crippen LogP contribution in [-0.2, 0) is 9.84 Å². The molecule has 6 nitrogen and oxygen atoms in total. The fourth-order valence-electron chi connectivity index (χ4n) is 5.57. The van der Waals surface area contributed by atoms with Gasteiger partial charge in [-0.2, -0.15) is 5.26 Å². The fraction of sp³-hybridized carbons (Fsp3) is 0.417. The van der Waals surface area contributed by atoms with Crippen molar-refractivity contribution in [3.8, 4) is 6.07 Å². The molecule has 2 aromatic rings. The van der Waals surface area contributed by atoms with E-state index in [1.54, 1.807) is 0 Å². The van der Waals surface area contributed by atoms with Crippen LogP contribution in [0.3, 0.4) is 0 Å². The largest absolute Gasteiger partial charge is 0.388 e. The number of amides is 1. The molecule has 0 aliphatic heterocycles. The average Bonchev–Trinajstić information content (AvgIpc) is 2.90. The van der Waals surface area contributed by atoms with Gasteiger partial charge in [-0.15, -0.1) is 0 Å². The summed E-state index contributed by atoms with van der Waals surface area (Å²) in [4.78, 5) is 12.4. The van der Waals surface area contributed by atoms with E-state index in [0.717, 1.165) is 6.07 Å². The molecular weight excluding hydrogens is 505 g/mol. The van der Waals surface area contributed by atoms with Crippen LogP contribution in [-0.4, -0.2) is 30.3 Å². The van der Waals surface area contributed by atoms with Gasteiger partial charge in [-0.25, -0.2) is 21.6 Å². The summed E-state index contributed by atoms with van der Waals surface area (Å²) in [5.74, 6) is -6.21. The van der Waals surface area contributed by atoms with Gasteiger partial charge in [0.25, 0.3) is 5.91 Å². The van der Waals surface area contributed by atoms with Crippen LogP contribution in [0.15, 0.2) is 35.2 Å². The lowest BCUT2D eigenvalue weighted by atomic mass is 9.72. The van der Waals surface area contributed by atoms with Crippen molar-refractivity contribution in [1.29, 1.82) is 5.26 Å². The number of nitrogens with one attached hydrogen (secondary N) is 1. The van der Waals surface area contributed by atoms with Crippen LogP contribution in [0, 0.1) is 46.5 Å². The van der Waals surface area contributed by atoms with Gasteiger partial charge in [-0.05, 0) is 55.2 Å². The third-order valence-corrected chi connectivity index (χ3v) is 9.95. The zero-order chi connectivity index (χ0) is 25.7. The SMILES string of the molecule is C[C@H]1CC2CC(S(=O)(=O)c3cc(C(=O)Nc4cc(F)c(F)c(F)c4)ccc3Cl)C[C@H]1[C@@]2(O)CC#N. The van der Waals surface area contributed by atoms with Crippen LogP contribution in [0.5, 0.6) is 0 Å². The molecule has 4 rings (SSSR count). The monoisotopic (exact) mass is 526 g/mol. The van der Waals surface area contributed by atoms with Crippen LogP contribution < -0.4 is 5.32 Å². The lowest BCUT2D eigenvalue weighted by Crippen LogP contribution is -2.48. The minimum absolute atomic E-state index is 0.0441. The van der Waals surface area contributed by atoms with Gasteiger partial charge in [0.05, 0.1) is 33.3 Å². The van der Waals surface area contributed by atoms with Crippen LogP contribution in [0.4, 0.5) is 18.9 Å². The highest BCUT2D eigenvalue weighted by atomic mass is 35.5. The van der Waals surface area contributed by atoms with E-state index in [4.69, 9.17) is 16.9 Å². The number of rotatable bonds is 5. The van der Waals surface area contributed by atoms with Gasteiger partial charge >= 0.3 is 0 Å². The number of carbonyl (C=O) groups is 1. The minimum Gasteiger partial charge on any atom is -0.388 e. The molecule has 2 saturated carbocycles. The van der Waals surface area contributed by atoms with Gasteiger partial charge in [0, 0.05) is 23.4 Å². The quantitative estimate of drug-likeness (QED) is 0.541. The normalized spacial score (nSPS) is 27.9. The number of nitrogens with zero attached hydrogens (tertiary/aromatic N) is 1. The number of fused-ring (bicyclic) bond motifs is 2. The molecule has 2 bridgehead atoms. The number of anilines is 1. The van der Waals surface area contributed by atoms with Gasteiger partial charge in [-0.3, -0.25) is 4.79 Å². The number of halogens is 4. The van der Waals surface area contributed by atoms with Crippen LogP contribution in [0.1, 0.15) is 43.0 Å². The third-order valence-electron chi connectivity index (χ3n) is 7.30. The Kier molecular flexibility index (Phi) is 6.64. The first-order valence-electron chi connectivity index (χ1n) is 11.0. The predicted octanol–water partition coefficient (Wildman–Crippen LogP) is 4.86. The Balaban J connectivity index is 1.61. The summed E-state index contributed by atoms with van der Waals surface area (Å²) < 4.78 is 67.2. The maximum atomic E-state index is 13.6. The molecular formula is C24H22ClF3N2O4S. The summed E-state index contributed by atoms with van der Waals surface area (Å²) in [7, 11) is -4.03. The number of carbonyl (C=O) groups excluding carboxylic acids is 1. The highest BCUT2D eigenvalue weighted by Gasteiger charge is 2.58. The highest BCUT2D eigenvalue weighted by molar-refractivity contribution is 7.92. The van der Waals surface area contributed by atoms with Crippen molar-refractivity contribution in [2.24, 2.45) is 17.8 Å². The van der Waals surface area contributed by atoms with Gasteiger partial charge in [-0.1, -0.05) is 18.5 Å². The van der Waals surface area contributed by atoms with Gasteiger partial charge < -0.3 is 10.4 Å². The number of hydrogen-bond donors (Lipinski definition) is 2.